The summed E-state index contributed by atoms with van der Waals surface area (Å²) in [6.07, 6.45) is 4.70. The maximum Gasteiger partial charge on any atom is 0.337 e. The number of hydrogen-bond acceptors (Lipinski definition) is 7. The number of carbonyl (C=O) groups excluding carboxylic acids is 2. The number of phenolic OH excluding ortho intramolecular Hbond substituents is 1. The van der Waals surface area contributed by atoms with E-state index in [-0.39, 0.29) is 29.5 Å². The molecule has 1 saturated carbocycles. The zero-order chi connectivity index (χ0) is 26.1. The van der Waals surface area contributed by atoms with Gasteiger partial charge in [-0.05, 0) is 80.3 Å². The van der Waals surface area contributed by atoms with E-state index in [0.717, 1.165) is 42.5 Å². The normalized spacial score (nSPS) is 22.0. The van der Waals surface area contributed by atoms with Crippen LogP contribution in [0.2, 0.25) is 0 Å². The first-order chi connectivity index (χ1) is 17.9. The monoisotopic (exact) mass is 503 g/mol. The SMILES string of the molecule is COc1ccc([C@@H]2CC(=O)C3=C(C2)NC(C)=C(C(=O)OC2CCCC2)[C@@H]3c2ccc(O)cc2)cc1OC. The molecule has 0 amide bonds. The Balaban J connectivity index is 1.52. The van der Waals surface area contributed by atoms with Crippen molar-refractivity contribution in [3.8, 4) is 17.2 Å². The van der Waals surface area contributed by atoms with Crippen molar-refractivity contribution in [2.75, 3.05) is 14.2 Å². The Morgan fingerprint density at radius 2 is 1.62 bits per heavy atom. The Morgan fingerprint density at radius 3 is 2.30 bits per heavy atom. The average molecular weight is 504 g/mol. The van der Waals surface area contributed by atoms with E-state index in [2.05, 4.69) is 5.32 Å². The van der Waals surface area contributed by atoms with Crippen LogP contribution in [0.15, 0.2) is 65.0 Å². The van der Waals surface area contributed by atoms with Crippen molar-refractivity contribution in [2.24, 2.45) is 0 Å². The van der Waals surface area contributed by atoms with E-state index in [1.165, 1.54) is 0 Å². The molecule has 37 heavy (non-hydrogen) atoms. The van der Waals surface area contributed by atoms with E-state index < -0.39 is 5.92 Å². The zero-order valence-electron chi connectivity index (χ0n) is 21.5. The summed E-state index contributed by atoms with van der Waals surface area (Å²) in [6, 6.07) is 12.5. The Hall–Kier alpha value is -3.74. The number of allylic oxidation sites excluding steroid dienone is 3. The van der Waals surface area contributed by atoms with Crippen LogP contribution in [0.25, 0.3) is 0 Å². The van der Waals surface area contributed by atoms with Gasteiger partial charge in [0.2, 0.25) is 0 Å². The molecule has 2 aromatic carbocycles. The van der Waals surface area contributed by atoms with Gasteiger partial charge in [-0.25, -0.2) is 4.79 Å². The van der Waals surface area contributed by atoms with E-state index in [4.69, 9.17) is 14.2 Å². The largest absolute Gasteiger partial charge is 0.508 e. The number of aromatic hydroxyl groups is 1. The average Bonchev–Trinajstić information content (AvgIpc) is 3.40. The van der Waals surface area contributed by atoms with Gasteiger partial charge in [0.05, 0.1) is 19.8 Å². The van der Waals surface area contributed by atoms with Gasteiger partial charge < -0.3 is 24.6 Å². The standard InChI is InChI=1S/C30H33NO6/c1-17-27(30(34)37-22-6-4-5-7-22)28(18-8-11-21(32)12-9-18)29-23(31-17)14-20(15-24(29)33)19-10-13-25(35-2)26(16-19)36-3/h8-13,16,20,22,28,31-32H,4-7,14-15H2,1-3H3/t20-,28-/m0/s1. The van der Waals surface area contributed by atoms with Crippen LogP contribution in [0.3, 0.4) is 0 Å². The summed E-state index contributed by atoms with van der Waals surface area (Å²) in [7, 11) is 3.19. The molecule has 2 aliphatic carbocycles. The number of ether oxygens (including phenoxy) is 3. The smallest absolute Gasteiger partial charge is 0.337 e. The van der Waals surface area contributed by atoms with Gasteiger partial charge in [0, 0.05) is 29.3 Å². The fourth-order valence-corrected chi connectivity index (χ4v) is 5.87. The molecular formula is C30H33NO6. The number of nitrogens with one attached hydrogen (secondary N) is 1. The van der Waals surface area contributed by atoms with Crippen LogP contribution in [0.4, 0.5) is 0 Å². The maximum atomic E-state index is 13.8. The number of rotatable bonds is 6. The van der Waals surface area contributed by atoms with Crippen LogP contribution >= 0.6 is 0 Å². The summed E-state index contributed by atoms with van der Waals surface area (Å²) in [5.74, 6) is 0.413. The van der Waals surface area contributed by atoms with Crippen molar-refractivity contribution in [3.63, 3.8) is 0 Å². The number of benzene rings is 2. The third kappa shape index (κ3) is 4.82. The number of carbonyl (C=O) groups is 2. The molecule has 5 rings (SSSR count). The van der Waals surface area contributed by atoms with Gasteiger partial charge >= 0.3 is 5.97 Å². The molecular weight excluding hydrogens is 470 g/mol. The van der Waals surface area contributed by atoms with Crippen molar-refractivity contribution < 1.29 is 28.9 Å². The van der Waals surface area contributed by atoms with Crippen molar-refractivity contribution in [1.29, 1.82) is 0 Å². The van der Waals surface area contributed by atoms with E-state index in [9.17, 15) is 14.7 Å². The van der Waals surface area contributed by atoms with Gasteiger partial charge in [0.1, 0.15) is 11.9 Å². The van der Waals surface area contributed by atoms with Crippen molar-refractivity contribution in [2.45, 2.75) is 63.4 Å². The van der Waals surface area contributed by atoms with E-state index in [0.29, 0.717) is 41.2 Å². The molecule has 0 saturated heterocycles. The lowest BCUT2D eigenvalue weighted by atomic mass is 9.71. The molecule has 0 unspecified atom stereocenters. The minimum atomic E-state index is -0.551. The van der Waals surface area contributed by atoms with Crippen molar-refractivity contribution in [1.82, 2.24) is 5.32 Å². The predicted molar refractivity (Wildman–Crippen MR) is 139 cm³/mol. The molecule has 3 aliphatic rings. The molecule has 1 aliphatic heterocycles. The first-order valence-corrected chi connectivity index (χ1v) is 12.9. The fourth-order valence-electron chi connectivity index (χ4n) is 5.87. The van der Waals surface area contributed by atoms with Gasteiger partial charge in [-0.15, -0.1) is 0 Å². The quantitative estimate of drug-likeness (QED) is 0.520. The Labute approximate surface area is 217 Å². The fraction of sp³-hybridized carbons (Fsp3) is 0.400. The third-order valence-corrected chi connectivity index (χ3v) is 7.73. The third-order valence-electron chi connectivity index (χ3n) is 7.73. The van der Waals surface area contributed by atoms with Crippen LogP contribution in [-0.4, -0.2) is 37.2 Å². The predicted octanol–water partition coefficient (Wildman–Crippen LogP) is 5.26. The Kier molecular flexibility index (Phi) is 6.96. The van der Waals surface area contributed by atoms with Gasteiger partial charge in [-0.2, -0.15) is 0 Å². The molecule has 0 radical (unpaired) electrons. The molecule has 7 heteroatoms. The molecule has 7 nitrogen and oxygen atoms in total. The lowest BCUT2D eigenvalue weighted by molar-refractivity contribution is -0.144. The number of hydrogen-bond donors (Lipinski definition) is 2. The molecule has 1 fully saturated rings. The highest BCUT2D eigenvalue weighted by Crippen LogP contribution is 2.47. The van der Waals surface area contributed by atoms with E-state index in [1.54, 1.807) is 38.5 Å². The Bertz CT molecular complexity index is 1270. The molecule has 2 N–H and O–H groups in total. The summed E-state index contributed by atoms with van der Waals surface area (Å²) in [5.41, 5.74) is 4.36. The minimum absolute atomic E-state index is 0.00900. The molecule has 0 aromatic heterocycles. The minimum Gasteiger partial charge on any atom is -0.508 e. The number of phenols is 1. The highest BCUT2D eigenvalue weighted by molar-refractivity contribution is 6.04. The number of Topliss-reactive ketones (excluding diaryl/α,β-unsaturated/α-hetero) is 1. The summed E-state index contributed by atoms with van der Waals surface area (Å²) in [6.45, 7) is 1.87. The lowest BCUT2D eigenvalue weighted by Crippen LogP contribution is -2.36. The van der Waals surface area contributed by atoms with Crippen LogP contribution in [-0.2, 0) is 14.3 Å². The molecule has 2 aromatic rings. The van der Waals surface area contributed by atoms with Gasteiger partial charge in [0.15, 0.2) is 17.3 Å². The second-order valence-corrected chi connectivity index (χ2v) is 10.0. The first kappa shape index (κ1) is 24.9. The van der Waals surface area contributed by atoms with Gasteiger partial charge in [-0.1, -0.05) is 18.2 Å². The number of esters is 1. The van der Waals surface area contributed by atoms with Crippen molar-refractivity contribution in [3.05, 3.63) is 76.1 Å². The van der Waals surface area contributed by atoms with E-state index >= 15 is 0 Å². The molecule has 0 spiro atoms. The summed E-state index contributed by atoms with van der Waals surface area (Å²) >= 11 is 0. The maximum absolute atomic E-state index is 13.8. The summed E-state index contributed by atoms with van der Waals surface area (Å²) in [5, 5.41) is 13.3. The number of ketones is 1. The second kappa shape index (κ2) is 10.3. The summed E-state index contributed by atoms with van der Waals surface area (Å²) < 4.78 is 16.8. The Morgan fingerprint density at radius 1 is 0.946 bits per heavy atom. The zero-order valence-corrected chi connectivity index (χ0v) is 21.5. The highest BCUT2D eigenvalue weighted by atomic mass is 16.5. The van der Waals surface area contributed by atoms with E-state index in [1.807, 2.05) is 25.1 Å². The van der Waals surface area contributed by atoms with Crippen LogP contribution in [0.5, 0.6) is 17.2 Å². The highest BCUT2D eigenvalue weighted by Gasteiger charge is 2.42. The van der Waals surface area contributed by atoms with Gasteiger partial charge in [-0.3, -0.25) is 4.79 Å². The topological polar surface area (TPSA) is 94.1 Å². The molecule has 194 valence electrons. The second-order valence-electron chi connectivity index (χ2n) is 10.0. The molecule has 2 atom stereocenters. The van der Waals surface area contributed by atoms with Crippen LogP contribution in [0.1, 0.15) is 68.4 Å². The molecule has 0 bridgehead atoms. The lowest BCUT2D eigenvalue weighted by Gasteiger charge is -2.37. The van der Waals surface area contributed by atoms with Gasteiger partial charge in [0.25, 0.3) is 0 Å². The molecule has 1 heterocycles. The van der Waals surface area contributed by atoms with Crippen molar-refractivity contribution >= 4 is 11.8 Å². The number of dihydropyridines is 1. The van der Waals surface area contributed by atoms with Crippen LogP contribution < -0.4 is 14.8 Å². The number of methoxy groups -OCH3 is 2. The summed E-state index contributed by atoms with van der Waals surface area (Å²) in [4.78, 5) is 27.3. The van der Waals surface area contributed by atoms with Crippen LogP contribution in [0, 0.1) is 0 Å². The first-order valence-electron chi connectivity index (χ1n) is 12.9.